The third-order valence-electron chi connectivity index (χ3n) is 2.90. The van der Waals surface area contributed by atoms with E-state index in [2.05, 4.69) is 39.1 Å². The Morgan fingerprint density at radius 2 is 1.95 bits per heavy atom. The first-order valence-electron chi connectivity index (χ1n) is 5.91. The molecule has 0 unspecified atom stereocenters. The van der Waals surface area contributed by atoms with Gasteiger partial charge in [0.15, 0.2) is 0 Å². The van der Waals surface area contributed by atoms with Crippen molar-refractivity contribution in [2.45, 2.75) is 16.5 Å². The van der Waals surface area contributed by atoms with Crippen LogP contribution in [0.2, 0.25) is 0 Å². The number of benzene rings is 2. The second kappa shape index (κ2) is 5.41. The minimum atomic E-state index is 0.0654. The van der Waals surface area contributed by atoms with Crippen LogP contribution in [0.15, 0.2) is 62.9 Å². The van der Waals surface area contributed by atoms with E-state index in [0.29, 0.717) is 0 Å². The van der Waals surface area contributed by atoms with Gasteiger partial charge in [-0.05, 0) is 45.8 Å². The van der Waals surface area contributed by atoms with Crippen molar-refractivity contribution in [3.8, 4) is 0 Å². The molecule has 0 spiro atoms. The molecule has 0 saturated carbocycles. The molecule has 2 N–H and O–H groups in total. The molecule has 0 fully saturated rings. The van der Waals surface area contributed by atoms with E-state index in [1.165, 1.54) is 5.39 Å². The molecule has 0 aliphatic heterocycles. The van der Waals surface area contributed by atoms with Gasteiger partial charge in [0.2, 0.25) is 0 Å². The molecule has 2 aromatic carbocycles. The molecule has 0 aliphatic carbocycles. The molecule has 0 radical (unpaired) electrons. The van der Waals surface area contributed by atoms with Crippen molar-refractivity contribution < 1.29 is 5.11 Å². The molecule has 0 amide bonds. The zero-order valence-corrected chi connectivity index (χ0v) is 12.5. The second-order valence-corrected chi connectivity index (χ2v) is 6.18. The predicted octanol–water partition coefficient (Wildman–Crippen LogP) is 4.57. The van der Waals surface area contributed by atoms with Crippen LogP contribution < -0.4 is 0 Å². The lowest BCUT2D eigenvalue weighted by atomic mass is 10.2. The van der Waals surface area contributed by atoms with Crippen LogP contribution in [0, 0.1) is 0 Å². The van der Waals surface area contributed by atoms with Gasteiger partial charge in [-0.2, -0.15) is 0 Å². The Hall–Kier alpha value is -1.23. The van der Waals surface area contributed by atoms with Gasteiger partial charge in [0.05, 0.1) is 11.6 Å². The number of fused-ring (bicyclic) bond motifs is 1. The first-order valence-corrected chi connectivity index (χ1v) is 7.52. The molecule has 1 aromatic heterocycles. The molecule has 2 nitrogen and oxygen atoms in total. The van der Waals surface area contributed by atoms with Crippen molar-refractivity contribution in [2.75, 3.05) is 0 Å². The summed E-state index contributed by atoms with van der Waals surface area (Å²) in [6, 6.07) is 16.3. The molecule has 1 heterocycles. The smallest absolute Gasteiger partial charge is 0.0781 e. The highest BCUT2D eigenvalue weighted by Crippen LogP contribution is 2.35. The Morgan fingerprint density at radius 1 is 1.11 bits per heavy atom. The number of para-hydroxylation sites is 1. The Labute approximate surface area is 124 Å². The lowest BCUT2D eigenvalue weighted by Crippen LogP contribution is -1.84. The molecule has 0 bridgehead atoms. The highest BCUT2D eigenvalue weighted by molar-refractivity contribution is 9.10. The molecule has 4 heteroatoms. The molecule has 19 heavy (non-hydrogen) atoms. The standard InChI is InChI=1S/C15H12BrNOS/c16-12-7-10(9-18)5-6-14(12)19-15-8-11-3-1-2-4-13(11)17-15/h1-8,17-18H,9H2. The van der Waals surface area contributed by atoms with Crippen molar-refractivity contribution in [3.63, 3.8) is 0 Å². The average molecular weight is 334 g/mol. The summed E-state index contributed by atoms with van der Waals surface area (Å²) >= 11 is 5.22. The fourth-order valence-electron chi connectivity index (χ4n) is 1.95. The Balaban J connectivity index is 1.92. The summed E-state index contributed by atoms with van der Waals surface area (Å²) < 4.78 is 1.00. The fourth-order valence-corrected chi connectivity index (χ4v) is 3.49. The van der Waals surface area contributed by atoms with E-state index in [9.17, 15) is 0 Å². The number of hydrogen-bond acceptors (Lipinski definition) is 2. The van der Waals surface area contributed by atoms with Gasteiger partial charge in [0.1, 0.15) is 0 Å². The molecule has 0 aliphatic rings. The first kappa shape index (κ1) is 12.8. The average Bonchev–Trinajstić information content (AvgIpc) is 2.83. The van der Waals surface area contributed by atoms with E-state index in [1.54, 1.807) is 11.8 Å². The van der Waals surface area contributed by atoms with Gasteiger partial charge in [0.25, 0.3) is 0 Å². The van der Waals surface area contributed by atoms with Gasteiger partial charge < -0.3 is 10.1 Å². The van der Waals surface area contributed by atoms with Gasteiger partial charge in [-0.15, -0.1) is 0 Å². The number of nitrogens with one attached hydrogen (secondary N) is 1. The quantitative estimate of drug-likeness (QED) is 0.736. The summed E-state index contributed by atoms with van der Waals surface area (Å²) in [7, 11) is 0. The fraction of sp³-hybridized carbons (Fsp3) is 0.0667. The third kappa shape index (κ3) is 2.71. The van der Waals surface area contributed by atoms with Gasteiger partial charge in [-0.3, -0.25) is 0 Å². The number of hydrogen-bond donors (Lipinski definition) is 2. The maximum Gasteiger partial charge on any atom is 0.0781 e. The van der Waals surface area contributed by atoms with Gasteiger partial charge in [-0.25, -0.2) is 0 Å². The van der Waals surface area contributed by atoms with Crippen LogP contribution in [0.1, 0.15) is 5.56 Å². The molecule has 96 valence electrons. The molecule has 3 aromatic rings. The van der Waals surface area contributed by atoms with Crippen LogP contribution >= 0.6 is 27.7 Å². The monoisotopic (exact) mass is 333 g/mol. The Bertz CT molecular complexity index is 690. The van der Waals surface area contributed by atoms with E-state index in [4.69, 9.17) is 5.11 Å². The summed E-state index contributed by atoms with van der Waals surface area (Å²) in [6.07, 6.45) is 0. The van der Waals surface area contributed by atoms with E-state index >= 15 is 0 Å². The molecule has 3 rings (SSSR count). The normalized spacial score (nSPS) is 11.1. The third-order valence-corrected chi connectivity index (χ3v) is 4.84. The van der Waals surface area contributed by atoms with Crippen LogP contribution in [0.25, 0.3) is 10.9 Å². The van der Waals surface area contributed by atoms with Gasteiger partial charge >= 0.3 is 0 Å². The predicted molar refractivity (Wildman–Crippen MR) is 82.5 cm³/mol. The van der Waals surface area contributed by atoms with Crippen LogP contribution in [-0.2, 0) is 6.61 Å². The maximum absolute atomic E-state index is 9.10. The van der Waals surface area contributed by atoms with E-state index in [0.717, 1.165) is 25.5 Å². The Morgan fingerprint density at radius 3 is 2.68 bits per heavy atom. The number of aromatic nitrogens is 1. The molecule has 0 saturated heterocycles. The first-order chi connectivity index (χ1) is 9.26. The van der Waals surface area contributed by atoms with Crippen molar-refractivity contribution >= 4 is 38.6 Å². The van der Waals surface area contributed by atoms with Gasteiger partial charge in [-0.1, -0.05) is 36.0 Å². The molecular formula is C15H12BrNOS. The van der Waals surface area contributed by atoms with Crippen LogP contribution in [0.5, 0.6) is 0 Å². The van der Waals surface area contributed by atoms with E-state index in [-0.39, 0.29) is 6.61 Å². The van der Waals surface area contributed by atoms with Crippen molar-refractivity contribution in [1.82, 2.24) is 4.98 Å². The largest absolute Gasteiger partial charge is 0.392 e. The lowest BCUT2D eigenvalue weighted by Gasteiger charge is -2.04. The summed E-state index contributed by atoms with van der Waals surface area (Å²) in [5.74, 6) is 0. The number of aliphatic hydroxyl groups is 1. The number of H-pyrrole nitrogens is 1. The van der Waals surface area contributed by atoms with E-state index in [1.807, 2.05) is 30.3 Å². The number of rotatable bonds is 3. The molecular weight excluding hydrogens is 322 g/mol. The van der Waals surface area contributed by atoms with Gasteiger partial charge in [0, 0.05) is 20.3 Å². The second-order valence-electron chi connectivity index (χ2n) is 4.25. The highest BCUT2D eigenvalue weighted by atomic mass is 79.9. The molecule has 0 atom stereocenters. The summed E-state index contributed by atoms with van der Waals surface area (Å²) in [5.41, 5.74) is 2.06. The minimum Gasteiger partial charge on any atom is -0.392 e. The SMILES string of the molecule is OCc1ccc(Sc2cc3ccccc3[nH]2)c(Br)c1. The minimum absolute atomic E-state index is 0.0654. The summed E-state index contributed by atoms with van der Waals surface area (Å²) in [6.45, 7) is 0.0654. The van der Waals surface area contributed by atoms with Crippen LogP contribution in [0.4, 0.5) is 0 Å². The van der Waals surface area contributed by atoms with Crippen LogP contribution in [0.3, 0.4) is 0 Å². The number of aliphatic hydroxyl groups excluding tert-OH is 1. The topological polar surface area (TPSA) is 36.0 Å². The number of aromatic amines is 1. The van der Waals surface area contributed by atoms with Crippen LogP contribution in [-0.4, -0.2) is 10.1 Å². The Kier molecular flexibility index (Phi) is 3.64. The zero-order valence-electron chi connectivity index (χ0n) is 10.1. The lowest BCUT2D eigenvalue weighted by molar-refractivity contribution is 0.281. The summed E-state index contributed by atoms with van der Waals surface area (Å²) in [5, 5.41) is 11.4. The van der Waals surface area contributed by atoms with Crippen molar-refractivity contribution in [1.29, 1.82) is 0 Å². The number of halogens is 1. The van der Waals surface area contributed by atoms with E-state index < -0.39 is 0 Å². The van der Waals surface area contributed by atoms with Crippen molar-refractivity contribution in [3.05, 3.63) is 58.6 Å². The zero-order chi connectivity index (χ0) is 13.2. The summed E-state index contributed by atoms with van der Waals surface area (Å²) in [4.78, 5) is 4.52. The van der Waals surface area contributed by atoms with Crippen molar-refractivity contribution in [2.24, 2.45) is 0 Å². The maximum atomic E-state index is 9.10. The highest BCUT2D eigenvalue weighted by Gasteiger charge is 2.06.